The molecule has 0 bridgehead atoms. The molecule has 1 aromatic rings. The number of aromatic nitrogens is 1. The summed E-state index contributed by atoms with van der Waals surface area (Å²) in [4.78, 5) is 31.5. The van der Waals surface area contributed by atoms with Crippen LogP contribution in [-0.2, 0) is 16.1 Å². The van der Waals surface area contributed by atoms with E-state index in [1.165, 1.54) is 11.3 Å². The van der Waals surface area contributed by atoms with Crippen LogP contribution in [-0.4, -0.2) is 45.0 Å². The second-order valence-electron chi connectivity index (χ2n) is 6.63. The highest BCUT2D eigenvalue weighted by Crippen LogP contribution is 2.38. The number of likely N-dealkylation sites (tertiary alicyclic amines) is 1. The molecule has 8 heteroatoms. The number of anilines is 1. The van der Waals surface area contributed by atoms with Crippen molar-refractivity contribution >= 4 is 28.3 Å². The Morgan fingerprint density at radius 3 is 2.75 bits per heavy atom. The molecule has 1 aliphatic heterocycles. The number of carboxylic acids is 1. The third kappa shape index (κ3) is 3.25. The number of nitrogens with two attached hydrogens (primary N) is 1. The fraction of sp³-hybridized carbons (Fsp3) is 0.688. The van der Waals surface area contributed by atoms with Gasteiger partial charge in [-0.1, -0.05) is 19.3 Å². The lowest BCUT2D eigenvalue weighted by Crippen LogP contribution is -2.62. The summed E-state index contributed by atoms with van der Waals surface area (Å²) in [5, 5.41) is 13.0. The maximum Gasteiger partial charge on any atom is 0.320 e. The van der Waals surface area contributed by atoms with Gasteiger partial charge < -0.3 is 16.2 Å². The Bertz CT molecular complexity index is 612. The molecule has 132 valence electrons. The molecule has 1 amide bonds. The Kier molecular flexibility index (Phi) is 5.05. The number of amides is 1. The number of nitrogens with zero attached hydrogens (tertiary/aromatic N) is 2. The average Bonchev–Trinajstić information content (AvgIpc) is 3.22. The van der Waals surface area contributed by atoms with E-state index in [9.17, 15) is 14.7 Å². The van der Waals surface area contributed by atoms with E-state index < -0.39 is 17.6 Å². The molecule has 0 aromatic carbocycles. The molecule has 1 atom stereocenters. The molecule has 0 spiro atoms. The fourth-order valence-corrected chi connectivity index (χ4v) is 4.68. The van der Waals surface area contributed by atoms with Crippen molar-refractivity contribution in [3.05, 3.63) is 11.1 Å². The number of rotatable bonds is 5. The Hall–Kier alpha value is -1.67. The molecule has 2 aliphatic rings. The topological polar surface area (TPSA) is 109 Å². The molecular formula is C16H24N4O3S. The lowest BCUT2D eigenvalue weighted by atomic mass is 9.79. The zero-order chi connectivity index (χ0) is 17.2. The summed E-state index contributed by atoms with van der Waals surface area (Å²) in [5.41, 5.74) is 4.94. The summed E-state index contributed by atoms with van der Waals surface area (Å²) in [6.45, 7) is 1.07. The van der Waals surface area contributed by atoms with Crippen LogP contribution in [0.3, 0.4) is 0 Å². The van der Waals surface area contributed by atoms with Gasteiger partial charge >= 0.3 is 5.97 Å². The van der Waals surface area contributed by atoms with Crippen LogP contribution in [0.5, 0.6) is 0 Å². The van der Waals surface area contributed by atoms with Crippen LogP contribution >= 0.6 is 11.3 Å². The number of carbonyl (C=O) groups is 2. The molecule has 1 saturated heterocycles. The smallest absolute Gasteiger partial charge is 0.320 e. The van der Waals surface area contributed by atoms with Crippen LogP contribution in [0.25, 0.3) is 0 Å². The standard InChI is InChI=1S/C16H24N4O3S/c17-15-19-10-11(24-15)9-18-14(23)16(6-2-1-3-7-16)20-8-4-5-12(20)13(21)22/h10,12H,1-9H2,(H2,17,19)(H,18,23)(H,21,22)/t12-/m1/s1. The minimum absolute atomic E-state index is 0.0534. The number of hydrogen-bond donors (Lipinski definition) is 3. The SMILES string of the molecule is Nc1ncc(CNC(=O)C2(N3CCC[C@@H]3C(=O)O)CCCCC2)s1. The maximum atomic E-state index is 13.1. The second-order valence-corrected chi connectivity index (χ2v) is 7.78. The van der Waals surface area contributed by atoms with Gasteiger partial charge in [0.05, 0.1) is 6.54 Å². The van der Waals surface area contributed by atoms with E-state index in [2.05, 4.69) is 10.3 Å². The largest absolute Gasteiger partial charge is 0.480 e. The highest BCUT2D eigenvalue weighted by molar-refractivity contribution is 7.15. The lowest BCUT2D eigenvalue weighted by Gasteiger charge is -2.45. The fourth-order valence-electron chi connectivity index (χ4n) is 4.05. The van der Waals surface area contributed by atoms with Crippen molar-refractivity contribution in [2.45, 2.75) is 63.1 Å². The average molecular weight is 352 g/mol. The molecule has 1 saturated carbocycles. The number of hydrogen-bond acceptors (Lipinski definition) is 6. The van der Waals surface area contributed by atoms with E-state index >= 15 is 0 Å². The van der Waals surface area contributed by atoms with Crippen molar-refractivity contribution in [2.24, 2.45) is 0 Å². The first kappa shape index (κ1) is 17.2. The third-order valence-electron chi connectivity index (χ3n) is 5.19. The monoisotopic (exact) mass is 352 g/mol. The normalized spacial score (nSPS) is 23.9. The molecule has 4 N–H and O–H groups in total. The van der Waals surface area contributed by atoms with Gasteiger partial charge in [0.15, 0.2) is 5.13 Å². The molecule has 1 aromatic heterocycles. The van der Waals surface area contributed by atoms with Gasteiger partial charge in [0.2, 0.25) is 5.91 Å². The van der Waals surface area contributed by atoms with Crippen molar-refractivity contribution in [2.75, 3.05) is 12.3 Å². The highest BCUT2D eigenvalue weighted by atomic mass is 32.1. The minimum Gasteiger partial charge on any atom is -0.480 e. The number of aliphatic carboxylic acids is 1. The van der Waals surface area contributed by atoms with Crippen molar-refractivity contribution in [1.82, 2.24) is 15.2 Å². The minimum atomic E-state index is -0.819. The van der Waals surface area contributed by atoms with Crippen LogP contribution < -0.4 is 11.1 Å². The first-order valence-corrected chi connectivity index (χ1v) is 9.32. The summed E-state index contributed by atoms with van der Waals surface area (Å²) in [7, 11) is 0. The van der Waals surface area contributed by atoms with Gasteiger partial charge in [0.25, 0.3) is 0 Å². The molecule has 1 aliphatic carbocycles. The van der Waals surface area contributed by atoms with Crippen LogP contribution in [0, 0.1) is 0 Å². The van der Waals surface area contributed by atoms with Crippen LogP contribution in [0.4, 0.5) is 5.13 Å². The van der Waals surface area contributed by atoms with Gasteiger partial charge in [-0.05, 0) is 25.7 Å². The van der Waals surface area contributed by atoms with Gasteiger partial charge in [-0.3, -0.25) is 14.5 Å². The zero-order valence-corrected chi connectivity index (χ0v) is 14.5. The maximum absolute atomic E-state index is 13.1. The Morgan fingerprint density at radius 2 is 2.12 bits per heavy atom. The third-order valence-corrected chi connectivity index (χ3v) is 6.01. The number of carboxylic acid groups (broad SMARTS) is 1. The predicted molar refractivity (Wildman–Crippen MR) is 91.6 cm³/mol. The van der Waals surface area contributed by atoms with Crippen molar-refractivity contribution in [1.29, 1.82) is 0 Å². The van der Waals surface area contributed by atoms with Crippen LogP contribution in [0.15, 0.2) is 6.20 Å². The highest BCUT2D eigenvalue weighted by Gasteiger charge is 2.50. The van der Waals surface area contributed by atoms with Crippen molar-refractivity contribution in [3.8, 4) is 0 Å². The first-order chi connectivity index (χ1) is 11.5. The van der Waals surface area contributed by atoms with E-state index in [-0.39, 0.29) is 5.91 Å². The Morgan fingerprint density at radius 1 is 1.38 bits per heavy atom. The molecule has 7 nitrogen and oxygen atoms in total. The predicted octanol–water partition coefficient (Wildman–Crippen LogP) is 1.59. The van der Waals surface area contributed by atoms with Crippen LogP contribution in [0.2, 0.25) is 0 Å². The Labute approximate surface area is 145 Å². The number of nitrogen functional groups attached to an aromatic ring is 1. The van der Waals surface area contributed by atoms with E-state index in [0.717, 1.165) is 43.4 Å². The van der Waals surface area contributed by atoms with E-state index in [1.54, 1.807) is 6.20 Å². The van der Waals surface area contributed by atoms with Gasteiger partial charge in [-0.2, -0.15) is 0 Å². The molecule has 2 fully saturated rings. The van der Waals surface area contributed by atoms with Gasteiger partial charge in [-0.25, -0.2) is 4.98 Å². The summed E-state index contributed by atoms with van der Waals surface area (Å²) in [5.74, 6) is -0.872. The molecule has 2 heterocycles. The molecule has 0 unspecified atom stereocenters. The Balaban J connectivity index is 1.77. The van der Waals surface area contributed by atoms with E-state index in [4.69, 9.17) is 5.73 Å². The molecule has 0 radical (unpaired) electrons. The van der Waals surface area contributed by atoms with Gasteiger partial charge in [0.1, 0.15) is 11.6 Å². The summed E-state index contributed by atoms with van der Waals surface area (Å²) in [6, 6.07) is -0.548. The first-order valence-electron chi connectivity index (χ1n) is 8.51. The molecule has 24 heavy (non-hydrogen) atoms. The summed E-state index contributed by atoms with van der Waals surface area (Å²) in [6.07, 6.45) is 7.61. The second kappa shape index (κ2) is 7.06. The van der Waals surface area contributed by atoms with Crippen molar-refractivity contribution < 1.29 is 14.7 Å². The van der Waals surface area contributed by atoms with Gasteiger partial charge in [-0.15, -0.1) is 11.3 Å². The van der Waals surface area contributed by atoms with Crippen molar-refractivity contribution in [3.63, 3.8) is 0 Å². The van der Waals surface area contributed by atoms with Gasteiger partial charge in [0, 0.05) is 17.6 Å². The van der Waals surface area contributed by atoms with Crippen LogP contribution in [0.1, 0.15) is 49.8 Å². The summed E-state index contributed by atoms with van der Waals surface area (Å²) < 4.78 is 0. The van der Waals surface area contributed by atoms with E-state index in [0.29, 0.717) is 24.6 Å². The molecule has 3 rings (SSSR count). The lowest BCUT2D eigenvalue weighted by molar-refractivity contribution is -0.149. The van der Waals surface area contributed by atoms with E-state index in [1.807, 2.05) is 4.90 Å². The zero-order valence-electron chi connectivity index (χ0n) is 13.7. The molecular weight excluding hydrogens is 328 g/mol. The summed E-state index contributed by atoms with van der Waals surface area (Å²) >= 11 is 1.36. The number of carbonyl (C=O) groups excluding carboxylic acids is 1. The quantitative estimate of drug-likeness (QED) is 0.743. The number of nitrogens with one attached hydrogen (secondary N) is 1. The number of thiazole rings is 1.